The molecule has 0 atom stereocenters. The van der Waals surface area contributed by atoms with Crippen molar-refractivity contribution in [2.75, 3.05) is 45.3 Å². The molecule has 0 aliphatic heterocycles. The van der Waals surface area contributed by atoms with Crippen LogP contribution in [-0.4, -0.2) is 44.6 Å². The van der Waals surface area contributed by atoms with Gasteiger partial charge >= 0.3 is 0 Å². The molecule has 0 aliphatic carbocycles. The Labute approximate surface area is 148 Å². The summed E-state index contributed by atoms with van der Waals surface area (Å²) in [5, 5.41) is 0. The van der Waals surface area contributed by atoms with Crippen LogP contribution in [0.25, 0.3) is 12.2 Å². The molecule has 0 unspecified atom stereocenters. The topological polar surface area (TPSA) is 92.6 Å². The number of nitrogens with two attached hydrogens (primary N) is 2. The zero-order valence-corrected chi connectivity index (χ0v) is 14.3. The highest BCUT2D eigenvalue weighted by Crippen LogP contribution is 2.12. The average molecular weight is 343 g/mol. The van der Waals surface area contributed by atoms with Crippen molar-refractivity contribution in [1.82, 2.24) is 4.98 Å². The SMILES string of the molecule is NCCOCCOCCOc1ccc(/C=C/c2ccc(N)cc2)cn1. The fourth-order valence-corrected chi connectivity index (χ4v) is 1.99. The molecule has 0 amide bonds. The maximum Gasteiger partial charge on any atom is 0.213 e. The second kappa shape index (κ2) is 11.2. The molecule has 1 heterocycles. The maximum atomic E-state index is 5.67. The zero-order valence-electron chi connectivity index (χ0n) is 14.3. The first-order chi connectivity index (χ1) is 12.3. The Morgan fingerprint density at radius 3 is 2.12 bits per heavy atom. The predicted octanol–water partition coefficient (Wildman–Crippen LogP) is 2.20. The minimum absolute atomic E-state index is 0.449. The van der Waals surface area contributed by atoms with Crippen molar-refractivity contribution in [3.63, 3.8) is 0 Å². The van der Waals surface area contributed by atoms with Crippen LogP contribution in [0.5, 0.6) is 5.88 Å². The molecule has 4 N–H and O–H groups in total. The van der Waals surface area contributed by atoms with E-state index in [-0.39, 0.29) is 0 Å². The minimum Gasteiger partial charge on any atom is -0.475 e. The van der Waals surface area contributed by atoms with Crippen LogP contribution in [0, 0.1) is 0 Å². The van der Waals surface area contributed by atoms with E-state index in [2.05, 4.69) is 4.98 Å². The Balaban J connectivity index is 1.66. The molecule has 0 saturated carbocycles. The van der Waals surface area contributed by atoms with Crippen molar-refractivity contribution in [1.29, 1.82) is 0 Å². The van der Waals surface area contributed by atoms with Gasteiger partial charge in [-0.15, -0.1) is 0 Å². The summed E-state index contributed by atoms with van der Waals surface area (Å²) in [7, 11) is 0. The number of benzene rings is 1. The maximum absolute atomic E-state index is 5.67. The van der Waals surface area contributed by atoms with Gasteiger partial charge < -0.3 is 25.7 Å². The number of aromatic nitrogens is 1. The van der Waals surface area contributed by atoms with E-state index >= 15 is 0 Å². The minimum atomic E-state index is 0.449. The first-order valence-corrected chi connectivity index (χ1v) is 8.26. The summed E-state index contributed by atoms with van der Waals surface area (Å²) >= 11 is 0. The Morgan fingerprint density at radius 2 is 1.44 bits per heavy atom. The van der Waals surface area contributed by atoms with Crippen LogP contribution in [0.1, 0.15) is 11.1 Å². The van der Waals surface area contributed by atoms with Crippen LogP contribution in [0.15, 0.2) is 42.6 Å². The second-order valence-corrected chi connectivity index (χ2v) is 5.29. The number of nitrogen functional groups attached to an aromatic ring is 1. The van der Waals surface area contributed by atoms with E-state index in [1.165, 1.54) is 0 Å². The van der Waals surface area contributed by atoms with Gasteiger partial charge in [-0.1, -0.05) is 24.3 Å². The number of ether oxygens (including phenoxy) is 3. The monoisotopic (exact) mass is 343 g/mol. The Morgan fingerprint density at radius 1 is 0.800 bits per heavy atom. The summed E-state index contributed by atoms with van der Waals surface area (Å²) in [6.45, 7) is 3.11. The van der Waals surface area contributed by atoms with Gasteiger partial charge in [0.25, 0.3) is 0 Å². The Bertz CT molecular complexity index is 627. The summed E-state index contributed by atoms with van der Waals surface area (Å²) in [6, 6.07) is 11.5. The lowest BCUT2D eigenvalue weighted by Gasteiger charge is -2.07. The third kappa shape index (κ3) is 7.80. The molecule has 6 nitrogen and oxygen atoms in total. The molecular weight excluding hydrogens is 318 g/mol. The molecule has 0 fully saturated rings. The number of nitrogens with zero attached hydrogens (tertiary/aromatic N) is 1. The highest BCUT2D eigenvalue weighted by atomic mass is 16.5. The largest absolute Gasteiger partial charge is 0.475 e. The Kier molecular flexibility index (Phi) is 8.48. The van der Waals surface area contributed by atoms with E-state index in [4.69, 9.17) is 25.7 Å². The quantitative estimate of drug-likeness (QED) is 0.480. The number of rotatable bonds is 11. The number of pyridine rings is 1. The number of anilines is 1. The average Bonchev–Trinajstić information content (AvgIpc) is 2.64. The van der Waals surface area contributed by atoms with Crippen LogP contribution < -0.4 is 16.2 Å². The van der Waals surface area contributed by atoms with Gasteiger partial charge in [-0.2, -0.15) is 0 Å². The van der Waals surface area contributed by atoms with Gasteiger partial charge in [0.15, 0.2) is 0 Å². The van der Waals surface area contributed by atoms with Crippen LogP contribution in [0.4, 0.5) is 5.69 Å². The summed E-state index contributed by atoms with van der Waals surface area (Å²) in [5.74, 6) is 0.576. The molecular formula is C19H25N3O3. The summed E-state index contributed by atoms with van der Waals surface area (Å²) in [4.78, 5) is 4.28. The third-order valence-corrected chi connectivity index (χ3v) is 3.28. The third-order valence-electron chi connectivity index (χ3n) is 3.28. The summed E-state index contributed by atoms with van der Waals surface area (Å²) in [6.07, 6.45) is 5.77. The molecule has 0 aliphatic rings. The van der Waals surface area contributed by atoms with E-state index in [1.807, 2.05) is 48.6 Å². The molecule has 1 aromatic heterocycles. The smallest absolute Gasteiger partial charge is 0.213 e. The first kappa shape index (κ1) is 18.9. The normalized spacial score (nSPS) is 11.1. The molecule has 0 bridgehead atoms. The van der Waals surface area contributed by atoms with Crippen molar-refractivity contribution in [3.05, 3.63) is 53.7 Å². The summed E-state index contributed by atoms with van der Waals surface area (Å²) < 4.78 is 16.1. The molecule has 0 spiro atoms. The molecule has 2 rings (SSSR count). The summed E-state index contributed by atoms with van der Waals surface area (Å²) in [5.41, 5.74) is 13.8. The van der Waals surface area contributed by atoms with Crippen LogP contribution in [0.2, 0.25) is 0 Å². The highest BCUT2D eigenvalue weighted by Gasteiger charge is 1.96. The highest BCUT2D eigenvalue weighted by molar-refractivity contribution is 5.69. The fourth-order valence-electron chi connectivity index (χ4n) is 1.99. The van der Waals surface area contributed by atoms with Crippen molar-refractivity contribution in [3.8, 4) is 5.88 Å². The van der Waals surface area contributed by atoms with Crippen molar-refractivity contribution < 1.29 is 14.2 Å². The second-order valence-electron chi connectivity index (χ2n) is 5.29. The zero-order chi connectivity index (χ0) is 17.7. The van der Waals surface area contributed by atoms with Crippen molar-refractivity contribution >= 4 is 17.8 Å². The van der Waals surface area contributed by atoms with E-state index in [0.29, 0.717) is 45.5 Å². The van der Waals surface area contributed by atoms with Gasteiger partial charge in [-0.25, -0.2) is 4.98 Å². The van der Waals surface area contributed by atoms with Crippen molar-refractivity contribution in [2.24, 2.45) is 5.73 Å². The van der Waals surface area contributed by atoms with Crippen LogP contribution in [0.3, 0.4) is 0 Å². The van der Waals surface area contributed by atoms with E-state index in [9.17, 15) is 0 Å². The first-order valence-electron chi connectivity index (χ1n) is 8.26. The molecule has 2 aromatic rings. The van der Waals surface area contributed by atoms with Crippen LogP contribution >= 0.6 is 0 Å². The van der Waals surface area contributed by atoms with Crippen molar-refractivity contribution in [2.45, 2.75) is 0 Å². The van der Waals surface area contributed by atoms with E-state index in [1.54, 1.807) is 6.20 Å². The van der Waals surface area contributed by atoms with Gasteiger partial charge in [-0.3, -0.25) is 0 Å². The lowest BCUT2D eigenvalue weighted by Crippen LogP contribution is -2.14. The molecule has 6 heteroatoms. The van der Waals surface area contributed by atoms with E-state index < -0.39 is 0 Å². The molecule has 25 heavy (non-hydrogen) atoms. The van der Waals surface area contributed by atoms with Crippen LogP contribution in [-0.2, 0) is 9.47 Å². The lowest BCUT2D eigenvalue weighted by molar-refractivity contribution is 0.0382. The number of hydrogen-bond donors (Lipinski definition) is 2. The van der Waals surface area contributed by atoms with Gasteiger partial charge in [0.1, 0.15) is 6.61 Å². The number of hydrogen-bond acceptors (Lipinski definition) is 6. The molecule has 1 aromatic carbocycles. The Hall–Kier alpha value is -2.41. The fraction of sp³-hybridized carbons (Fsp3) is 0.316. The van der Waals surface area contributed by atoms with Gasteiger partial charge in [0.05, 0.1) is 26.4 Å². The van der Waals surface area contributed by atoms with E-state index in [0.717, 1.165) is 16.8 Å². The lowest BCUT2D eigenvalue weighted by atomic mass is 10.1. The molecule has 0 saturated heterocycles. The standard InChI is InChI=1S/C19H25N3O3/c20-9-10-23-11-12-24-13-14-25-19-8-5-17(15-22-19)2-1-16-3-6-18(21)7-4-16/h1-8,15H,9-14,20-21H2/b2-1+. The van der Waals surface area contributed by atoms with Gasteiger partial charge in [0.2, 0.25) is 5.88 Å². The molecule has 134 valence electrons. The molecule has 0 radical (unpaired) electrons. The van der Waals surface area contributed by atoms with Gasteiger partial charge in [-0.05, 0) is 29.3 Å². The predicted molar refractivity (Wildman–Crippen MR) is 100 cm³/mol. The van der Waals surface area contributed by atoms with Gasteiger partial charge in [0, 0.05) is 24.5 Å².